The first kappa shape index (κ1) is 11.7. The van der Waals surface area contributed by atoms with Gasteiger partial charge < -0.3 is 5.43 Å². The Morgan fingerprint density at radius 1 is 1.44 bits per heavy atom. The van der Waals surface area contributed by atoms with Crippen LogP contribution in [0.25, 0.3) is 0 Å². The van der Waals surface area contributed by atoms with E-state index in [1.807, 2.05) is 11.8 Å². The Hall–Kier alpha value is -0.810. The van der Waals surface area contributed by atoms with Crippen molar-refractivity contribution in [3.05, 3.63) is 11.9 Å². The monoisotopic (exact) mass is 238 g/mol. The molecule has 0 aliphatic heterocycles. The first-order valence-electron chi connectivity index (χ1n) is 5.82. The Kier molecular flexibility index (Phi) is 4.01. The molecule has 4 nitrogen and oxygen atoms in total. The van der Waals surface area contributed by atoms with E-state index in [0.717, 1.165) is 28.1 Å². The highest BCUT2D eigenvalue weighted by molar-refractivity contribution is 7.99. The van der Waals surface area contributed by atoms with Gasteiger partial charge in [0.05, 0.1) is 0 Å². The van der Waals surface area contributed by atoms with Crippen LogP contribution < -0.4 is 11.3 Å². The smallest absolute Gasteiger partial charge is 0.147 e. The number of rotatable bonds is 4. The third kappa shape index (κ3) is 2.47. The summed E-state index contributed by atoms with van der Waals surface area (Å²) < 4.78 is 0. The van der Waals surface area contributed by atoms with Crippen LogP contribution in [0.1, 0.15) is 38.2 Å². The van der Waals surface area contributed by atoms with Crippen molar-refractivity contribution in [1.82, 2.24) is 9.97 Å². The molecular weight excluding hydrogens is 220 g/mol. The summed E-state index contributed by atoms with van der Waals surface area (Å²) in [6.45, 7) is 2.11. The van der Waals surface area contributed by atoms with Gasteiger partial charge in [0.2, 0.25) is 0 Å². The van der Waals surface area contributed by atoms with Crippen molar-refractivity contribution in [2.45, 2.75) is 49.3 Å². The molecule has 0 unspecified atom stereocenters. The van der Waals surface area contributed by atoms with E-state index in [1.165, 1.54) is 25.7 Å². The van der Waals surface area contributed by atoms with Crippen molar-refractivity contribution in [1.29, 1.82) is 0 Å². The normalized spacial score (nSPS) is 16.6. The molecule has 0 saturated heterocycles. The highest BCUT2D eigenvalue weighted by Gasteiger charge is 2.19. The number of hydrazine groups is 1. The highest BCUT2D eigenvalue weighted by atomic mass is 32.2. The largest absolute Gasteiger partial charge is 0.308 e. The molecular formula is C11H18N4S. The van der Waals surface area contributed by atoms with Crippen LogP contribution in [0.3, 0.4) is 0 Å². The molecule has 2 rings (SSSR count). The molecule has 5 heteroatoms. The lowest BCUT2D eigenvalue weighted by molar-refractivity contribution is 0.886. The molecule has 0 aromatic carbocycles. The Bertz CT molecular complexity index is 350. The van der Waals surface area contributed by atoms with Crippen molar-refractivity contribution in [2.75, 3.05) is 5.43 Å². The number of nitrogens with zero attached hydrogens (tertiary/aromatic N) is 2. The van der Waals surface area contributed by atoms with Crippen LogP contribution in [-0.4, -0.2) is 15.2 Å². The van der Waals surface area contributed by atoms with Gasteiger partial charge >= 0.3 is 0 Å². The van der Waals surface area contributed by atoms with Gasteiger partial charge in [-0.05, 0) is 19.3 Å². The third-order valence-corrected chi connectivity index (χ3v) is 4.36. The lowest BCUT2D eigenvalue weighted by Gasteiger charge is -2.13. The number of nitrogens with one attached hydrogen (secondary N) is 1. The maximum absolute atomic E-state index is 5.45. The van der Waals surface area contributed by atoms with E-state index in [9.17, 15) is 0 Å². The Labute approximate surface area is 100 Å². The Morgan fingerprint density at radius 3 is 2.81 bits per heavy atom. The van der Waals surface area contributed by atoms with E-state index in [4.69, 9.17) is 5.84 Å². The van der Waals surface area contributed by atoms with Gasteiger partial charge in [-0.3, -0.25) is 0 Å². The van der Waals surface area contributed by atoms with Crippen LogP contribution >= 0.6 is 11.8 Å². The second-order valence-electron chi connectivity index (χ2n) is 4.03. The van der Waals surface area contributed by atoms with Crippen molar-refractivity contribution in [3.63, 3.8) is 0 Å². The first-order chi connectivity index (χ1) is 7.85. The Balaban J connectivity index is 2.18. The zero-order valence-corrected chi connectivity index (χ0v) is 10.4. The highest BCUT2D eigenvalue weighted by Crippen LogP contribution is 2.36. The molecule has 1 aromatic heterocycles. The average molecular weight is 238 g/mol. The molecule has 1 aliphatic carbocycles. The van der Waals surface area contributed by atoms with Crippen LogP contribution in [0.4, 0.5) is 5.82 Å². The second kappa shape index (κ2) is 5.50. The quantitative estimate of drug-likeness (QED) is 0.479. The van der Waals surface area contributed by atoms with Gasteiger partial charge in [0.15, 0.2) is 0 Å². The maximum Gasteiger partial charge on any atom is 0.147 e. The van der Waals surface area contributed by atoms with Crippen LogP contribution in [-0.2, 0) is 6.42 Å². The summed E-state index contributed by atoms with van der Waals surface area (Å²) in [7, 11) is 0. The zero-order chi connectivity index (χ0) is 11.4. The van der Waals surface area contributed by atoms with E-state index in [1.54, 1.807) is 6.33 Å². The predicted octanol–water partition coefficient (Wildman–Crippen LogP) is 2.36. The van der Waals surface area contributed by atoms with Gasteiger partial charge in [0.1, 0.15) is 17.2 Å². The van der Waals surface area contributed by atoms with E-state index < -0.39 is 0 Å². The fraction of sp³-hybridized carbons (Fsp3) is 0.636. The number of hydrogen-bond donors (Lipinski definition) is 2. The summed E-state index contributed by atoms with van der Waals surface area (Å²) in [6.07, 6.45) is 7.83. The molecule has 1 aromatic rings. The maximum atomic E-state index is 5.45. The minimum absolute atomic E-state index is 0.728. The van der Waals surface area contributed by atoms with Gasteiger partial charge in [-0.15, -0.1) is 11.8 Å². The topological polar surface area (TPSA) is 63.8 Å². The molecule has 0 bridgehead atoms. The number of anilines is 1. The Morgan fingerprint density at radius 2 is 2.19 bits per heavy atom. The molecule has 1 saturated carbocycles. The zero-order valence-electron chi connectivity index (χ0n) is 9.57. The summed E-state index contributed by atoms with van der Waals surface area (Å²) >= 11 is 1.89. The third-order valence-electron chi connectivity index (χ3n) is 2.98. The van der Waals surface area contributed by atoms with Crippen molar-refractivity contribution in [2.24, 2.45) is 5.84 Å². The standard InChI is InChI=1S/C11H18N4S/c1-2-9-10(15-12)13-7-14-11(9)16-8-5-3-4-6-8/h7-8H,2-6,12H2,1H3,(H,13,14,15). The number of hydrogen-bond acceptors (Lipinski definition) is 5. The summed E-state index contributed by atoms with van der Waals surface area (Å²) in [5.74, 6) is 6.22. The number of aromatic nitrogens is 2. The van der Waals surface area contributed by atoms with Crippen molar-refractivity contribution >= 4 is 17.6 Å². The molecule has 16 heavy (non-hydrogen) atoms. The lowest BCUT2D eigenvalue weighted by atomic mass is 10.2. The summed E-state index contributed by atoms with van der Waals surface area (Å²) in [4.78, 5) is 8.52. The molecule has 0 spiro atoms. The fourth-order valence-corrected chi connectivity index (χ4v) is 3.48. The minimum atomic E-state index is 0.728. The van der Waals surface area contributed by atoms with Crippen LogP contribution in [0.2, 0.25) is 0 Å². The molecule has 1 fully saturated rings. The predicted molar refractivity (Wildman–Crippen MR) is 67.3 cm³/mol. The van der Waals surface area contributed by atoms with Crippen LogP contribution in [0.5, 0.6) is 0 Å². The van der Waals surface area contributed by atoms with Crippen molar-refractivity contribution in [3.8, 4) is 0 Å². The molecule has 0 atom stereocenters. The SMILES string of the molecule is CCc1c(NN)ncnc1SC1CCCC1. The van der Waals surface area contributed by atoms with E-state index in [2.05, 4.69) is 22.3 Å². The van der Waals surface area contributed by atoms with Crippen LogP contribution in [0, 0.1) is 0 Å². The molecule has 88 valence electrons. The molecule has 1 aliphatic rings. The molecule has 0 radical (unpaired) electrons. The van der Waals surface area contributed by atoms with Crippen LogP contribution in [0.15, 0.2) is 11.4 Å². The van der Waals surface area contributed by atoms with E-state index >= 15 is 0 Å². The molecule has 1 heterocycles. The van der Waals surface area contributed by atoms with Gasteiger partial charge in [0, 0.05) is 10.8 Å². The summed E-state index contributed by atoms with van der Waals surface area (Å²) in [5.41, 5.74) is 3.79. The van der Waals surface area contributed by atoms with Gasteiger partial charge in [-0.1, -0.05) is 19.8 Å². The number of nitrogen functional groups attached to an aromatic ring is 1. The van der Waals surface area contributed by atoms with Crippen molar-refractivity contribution < 1.29 is 0 Å². The molecule has 0 amide bonds. The average Bonchev–Trinajstić information content (AvgIpc) is 2.81. The van der Waals surface area contributed by atoms with Gasteiger partial charge in [0.25, 0.3) is 0 Å². The summed E-state index contributed by atoms with van der Waals surface area (Å²) in [6, 6.07) is 0. The first-order valence-corrected chi connectivity index (χ1v) is 6.70. The summed E-state index contributed by atoms with van der Waals surface area (Å²) in [5, 5.41) is 1.82. The van der Waals surface area contributed by atoms with Gasteiger partial charge in [-0.25, -0.2) is 15.8 Å². The number of nitrogens with two attached hydrogens (primary N) is 1. The number of thioether (sulfide) groups is 1. The minimum Gasteiger partial charge on any atom is -0.308 e. The fourth-order valence-electron chi connectivity index (χ4n) is 2.10. The second-order valence-corrected chi connectivity index (χ2v) is 5.32. The van der Waals surface area contributed by atoms with E-state index in [-0.39, 0.29) is 0 Å². The van der Waals surface area contributed by atoms with E-state index in [0.29, 0.717) is 0 Å². The molecule has 3 N–H and O–H groups in total. The van der Waals surface area contributed by atoms with Gasteiger partial charge in [-0.2, -0.15) is 0 Å². The lowest BCUT2D eigenvalue weighted by Crippen LogP contribution is -2.12.